The number of rotatable bonds is 5. The average Bonchev–Trinajstić information content (AvgIpc) is 2.43. The van der Waals surface area contributed by atoms with Crippen molar-refractivity contribution in [3.05, 3.63) is 24.3 Å². The topological polar surface area (TPSA) is 41.9 Å². The van der Waals surface area contributed by atoms with E-state index in [1.54, 1.807) is 21.3 Å². The molecule has 2 atom stereocenters. The molecule has 1 aliphatic rings. The molecule has 1 aromatic rings. The number of aliphatic hydroxyl groups is 1. The van der Waals surface area contributed by atoms with E-state index in [-0.39, 0.29) is 12.2 Å². The largest absolute Gasteiger partial charge is 0.427 e. The zero-order chi connectivity index (χ0) is 17.3. The van der Waals surface area contributed by atoms with Crippen LogP contribution < -0.4 is 10.4 Å². The third-order valence-corrected chi connectivity index (χ3v) is 4.64. The van der Waals surface area contributed by atoms with Gasteiger partial charge in [0, 0.05) is 18.8 Å². The van der Waals surface area contributed by atoms with Gasteiger partial charge in [-0.2, -0.15) is 0 Å². The van der Waals surface area contributed by atoms with Crippen molar-refractivity contribution in [3.63, 3.8) is 0 Å². The number of morpholine rings is 1. The SMILES string of the molecule is C[C@@H]1CN(c2ccc([B]OC(C)(C)C(C)(C)O)cc2)C[C@H](C)O1. The Labute approximate surface area is 141 Å². The average molecular weight is 318 g/mol. The van der Waals surface area contributed by atoms with Gasteiger partial charge in [0.2, 0.25) is 0 Å². The molecule has 0 unspecified atom stereocenters. The summed E-state index contributed by atoms with van der Waals surface area (Å²) in [4.78, 5) is 2.35. The van der Waals surface area contributed by atoms with E-state index in [0.717, 1.165) is 18.6 Å². The second kappa shape index (κ2) is 6.84. The minimum absolute atomic E-state index is 0.251. The normalized spacial score (nSPS) is 23.0. The van der Waals surface area contributed by atoms with E-state index in [1.807, 2.05) is 26.0 Å². The van der Waals surface area contributed by atoms with Gasteiger partial charge >= 0.3 is 7.48 Å². The molecule has 0 aliphatic carbocycles. The Kier molecular flexibility index (Phi) is 5.44. The molecule has 2 rings (SSSR count). The highest BCUT2D eigenvalue weighted by molar-refractivity contribution is 6.47. The van der Waals surface area contributed by atoms with Gasteiger partial charge in [-0.05, 0) is 53.7 Å². The minimum atomic E-state index is -0.913. The molecular formula is C18H29BNO3. The van der Waals surface area contributed by atoms with Crippen molar-refractivity contribution in [2.75, 3.05) is 18.0 Å². The summed E-state index contributed by atoms with van der Waals surface area (Å²) in [6, 6.07) is 8.30. The predicted octanol–water partition coefficient (Wildman–Crippen LogP) is 2.11. The van der Waals surface area contributed by atoms with Crippen LogP contribution in [0.1, 0.15) is 41.5 Å². The molecule has 5 heteroatoms. The molecule has 0 aromatic heterocycles. The summed E-state index contributed by atoms with van der Waals surface area (Å²) in [5.41, 5.74) is 0.621. The number of ether oxygens (including phenoxy) is 1. The van der Waals surface area contributed by atoms with Crippen LogP contribution in [-0.4, -0.2) is 49.1 Å². The lowest BCUT2D eigenvalue weighted by Crippen LogP contribution is -2.49. The summed E-state index contributed by atoms with van der Waals surface area (Å²) in [5.74, 6) is 0. The molecule has 0 amide bonds. The first-order valence-corrected chi connectivity index (χ1v) is 8.32. The van der Waals surface area contributed by atoms with Gasteiger partial charge in [0.05, 0.1) is 23.4 Å². The Balaban J connectivity index is 1.97. The van der Waals surface area contributed by atoms with Crippen LogP contribution in [0.5, 0.6) is 0 Å². The van der Waals surface area contributed by atoms with Crippen molar-refractivity contribution in [2.45, 2.75) is 65.0 Å². The van der Waals surface area contributed by atoms with Gasteiger partial charge < -0.3 is 19.4 Å². The summed E-state index contributed by atoms with van der Waals surface area (Å²) in [5, 5.41) is 10.1. The summed E-state index contributed by atoms with van der Waals surface area (Å²) >= 11 is 0. The molecule has 0 spiro atoms. The van der Waals surface area contributed by atoms with Crippen molar-refractivity contribution < 1.29 is 14.5 Å². The van der Waals surface area contributed by atoms with E-state index >= 15 is 0 Å². The molecule has 0 bridgehead atoms. The van der Waals surface area contributed by atoms with Crippen LogP contribution in [0, 0.1) is 0 Å². The minimum Gasteiger partial charge on any atom is -0.427 e. The zero-order valence-electron chi connectivity index (χ0n) is 15.2. The Hall–Kier alpha value is -1.04. The summed E-state index contributed by atoms with van der Waals surface area (Å²) in [6.07, 6.45) is 0.502. The van der Waals surface area contributed by atoms with E-state index < -0.39 is 11.2 Å². The van der Waals surface area contributed by atoms with E-state index in [4.69, 9.17) is 9.39 Å². The van der Waals surface area contributed by atoms with Gasteiger partial charge in [-0.1, -0.05) is 17.6 Å². The molecule has 0 saturated carbocycles. The summed E-state index contributed by atoms with van der Waals surface area (Å²) in [7, 11) is 1.71. The maximum Gasteiger partial charge on any atom is 0.330 e. The van der Waals surface area contributed by atoms with Crippen molar-refractivity contribution in [2.24, 2.45) is 0 Å². The van der Waals surface area contributed by atoms with Gasteiger partial charge in [0.15, 0.2) is 0 Å². The van der Waals surface area contributed by atoms with Gasteiger partial charge in [-0.15, -0.1) is 0 Å². The Morgan fingerprint density at radius 3 is 2.09 bits per heavy atom. The number of anilines is 1. The van der Waals surface area contributed by atoms with Gasteiger partial charge in [-0.3, -0.25) is 0 Å². The molecule has 4 nitrogen and oxygen atoms in total. The second-order valence-corrected chi connectivity index (χ2v) is 7.56. The van der Waals surface area contributed by atoms with Crippen LogP contribution in [0.4, 0.5) is 5.69 Å². The molecule has 1 aromatic carbocycles. The lowest BCUT2D eigenvalue weighted by molar-refractivity contribution is -0.0893. The molecule has 1 radical (unpaired) electrons. The molecule has 1 fully saturated rings. The van der Waals surface area contributed by atoms with Crippen LogP contribution in [0.3, 0.4) is 0 Å². The van der Waals surface area contributed by atoms with Crippen molar-refractivity contribution in [1.82, 2.24) is 0 Å². The van der Waals surface area contributed by atoms with Crippen LogP contribution in [0.15, 0.2) is 24.3 Å². The summed E-state index contributed by atoms with van der Waals surface area (Å²) < 4.78 is 11.6. The fourth-order valence-corrected chi connectivity index (χ4v) is 2.51. The van der Waals surface area contributed by atoms with Crippen LogP contribution in [0.2, 0.25) is 0 Å². The lowest BCUT2D eigenvalue weighted by atomic mass is 9.82. The highest BCUT2D eigenvalue weighted by Crippen LogP contribution is 2.24. The first kappa shape index (κ1) is 18.3. The monoisotopic (exact) mass is 318 g/mol. The third kappa shape index (κ3) is 4.72. The van der Waals surface area contributed by atoms with Gasteiger partial charge in [0.1, 0.15) is 0 Å². The van der Waals surface area contributed by atoms with Crippen LogP contribution >= 0.6 is 0 Å². The summed E-state index contributed by atoms with van der Waals surface area (Å²) in [6.45, 7) is 13.3. The third-order valence-electron chi connectivity index (χ3n) is 4.64. The maximum atomic E-state index is 10.1. The van der Waals surface area contributed by atoms with E-state index in [9.17, 15) is 5.11 Å². The first-order valence-electron chi connectivity index (χ1n) is 8.32. The van der Waals surface area contributed by atoms with E-state index in [2.05, 4.69) is 30.9 Å². The molecular weight excluding hydrogens is 289 g/mol. The molecule has 1 aliphatic heterocycles. The smallest absolute Gasteiger partial charge is 0.330 e. The fourth-order valence-electron chi connectivity index (χ4n) is 2.51. The van der Waals surface area contributed by atoms with Gasteiger partial charge in [-0.25, -0.2) is 0 Å². The quantitative estimate of drug-likeness (QED) is 0.845. The number of nitrogens with zero attached hydrogens (tertiary/aromatic N) is 1. The number of benzene rings is 1. The lowest BCUT2D eigenvalue weighted by Gasteiger charge is -2.38. The number of hydrogen-bond acceptors (Lipinski definition) is 4. The second-order valence-electron chi connectivity index (χ2n) is 7.56. The molecule has 1 saturated heterocycles. The zero-order valence-corrected chi connectivity index (χ0v) is 15.2. The van der Waals surface area contributed by atoms with Crippen molar-refractivity contribution in [3.8, 4) is 0 Å². The van der Waals surface area contributed by atoms with E-state index in [1.165, 1.54) is 5.69 Å². The molecule has 1 heterocycles. The molecule has 23 heavy (non-hydrogen) atoms. The maximum absolute atomic E-state index is 10.1. The Morgan fingerprint density at radius 1 is 1.09 bits per heavy atom. The highest BCUT2D eigenvalue weighted by Gasteiger charge is 2.35. The van der Waals surface area contributed by atoms with Crippen LogP contribution in [0.25, 0.3) is 0 Å². The van der Waals surface area contributed by atoms with E-state index in [0.29, 0.717) is 0 Å². The fraction of sp³-hybridized carbons (Fsp3) is 0.667. The first-order chi connectivity index (χ1) is 10.6. The Bertz CT molecular complexity index is 500. The number of hydrogen-bond donors (Lipinski definition) is 1. The Morgan fingerprint density at radius 2 is 1.61 bits per heavy atom. The standard InChI is InChI=1S/C18H29BNO3/c1-13-11-20(12-14(2)22-13)16-9-7-15(8-10-16)19-23-18(5,6)17(3,4)21/h7-10,13-14,21H,11-12H2,1-6H3/t13-,14+. The van der Waals surface area contributed by atoms with Crippen LogP contribution in [-0.2, 0) is 9.39 Å². The van der Waals surface area contributed by atoms with Crippen molar-refractivity contribution in [1.29, 1.82) is 0 Å². The van der Waals surface area contributed by atoms with Gasteiger partial charge in [0.25, 0.3) is 0 Å². The molecule has 127 valence electrons. The van der Waals surface area contributed by atoms with Crippen molar-refractivity contribution >= 4 is 18.6 Å². The molecule has 1 N–H and O–H groups in total. The highest BCUT2D eigenvalue weighted by atomic mass is 16.5. The predicted molar refractivity (Wildman–Crippen MR) is 95.5 cm³/mol.